The first-order chi connectivity index (χ1) is 15.4. The Hall–Kier alpha value is -2.71. The van der Waals surface area contributed by atoms with Gasteiger partial charge in [-0.25, -0.2) is 9.97 Å². The largest absolute Gasteiger partial charge is 0.378 e. The number of anilines is 2. The van der Waals surface area contributed by atoms with Crippen molar-refractivity contribution in [2.24, 2.45) is 0 Å². The highest BCUT2D eigenvalue weighted by atomic mass is 16.5. The summed E-state index contributed by atoms with van der Waals surface area (Å²) in [6.45, 7) is 5.75. The molecule has 1 aromatic heterocycles. The number of hydrogen-bond acceptors (Lipinski definition) is 7. The standard InChI is InChI=1S/C24H34N6O2/c1-19-21(14-25-22(27-19)30-10-12-32-13-11-30)29(4)17-23(26-18-31)15-24(16-23,28(2)3)20-8-6-5-7-9-20/h5-9,14,18H,10-13,15-17H2,1-4H3,(H,26,31). The topological polar surface area (TPSA) is 73.8 Å². The van der Waals surface area contributed by atoms with Gasteiger partial charge in [-0.3, -0.25) is 9.69 Å². The van der Waals surface area contributed by atoms with Crippen LogP contribution in [0.4, 0.5) is 11.6 Å². The Morgan fingerprint density at radius 3 is 2.44 bits per heavy atom. The summed E-state index contributed by atoms with van der Waals surface area (Å²) < 4.78 is 5.43. The normalized spacial score (nSPS) is 25.3. The number of likely N-dealkylation sites (N-methyl/N-ethyl adjacent to an activating group) is 1. The first-order valence-electron chi connectivity index (χ1n) is 11.2. The van der Waals surface area contributed by atoms with Crippen LogP contribution in [0.1, 0.15) is 24.1 Å². The van der Waals surface area contributed by atoms with E-state index >= 15 is 0 Å². The van der Waals surface area contributed by atoms with Crippen molar-refractivity contribution in [1.29, 1.82) is 0 Å². The van der Waals surface area contributed by atoms with Crippen molar-refractivity contribution in [2.45, 2.75) is 30.8 Å². The summed E-state index contributed by atoms with van der Waals surface area (Å²) in [5.41, 5.74) is 2.79. The van der Waals surface area contributed by atoms with Crippen LogP contribution in [0.15, 0.2) is 36.5 Å². The number of benzene rings is 1. The smallest absolute Gasteiger partial charge is 0.225 e. The van der Waals surface area contributed by atoms with Gasteiger partial charge in [-0.15, -0.1) is 0 Å². The second-order valence-corrected chi connectivity index (χ2v) is 9.28. The zero-order valence-corrected chi connectivity index (χ0v) is 19.5. The first-order valence-corrected chi connectivity index (χ1v) is 11.2. The van der Waals surface area contributed by atoms with Crippen molar-refractivity contribution in [3.63, 3.8) is 0 Å². The molecule has 0 unspecified atom stereocenters. The Morgan fingerprint density at radius 2 is 1.84 bits per heavy atom. The third-order valence-electron chi connectivity index (χ3n) is 6.98. The van der Waals surface area contributed by atoms with E-state index in [0.717, 1.165) is 49.7 Å². The molecule has 8 heteroatoms. The van der Waals surface area contributed by atoms with Gasteiger partial charge >= 0.3 is 0 Å². The molecule has 32 heavy (non-hydrogen) atoms. The van der Waals surface area contributed by atoms with E-state index in [-0.39, 0.29) is 11.1 Å². The molecule has 1 aromatic carbocycles. The zero-order valence-electron chi connectivity index (χ0n) is 19.5. The highest BCUT2D eigenvalue weighted by Gasteiger charge is 2.57. The summed E-state index contributed by atoms with van der Waals surface area (Å²) in [5, 5.41) is 3.15. The summed E-state index contributed by atoms with van der Waals surface area (Å²) >= 11 is 0. The van der Waals surface area contributed by atoms with E-state index < -0.39 is 0 Å². The van der Waals surface area contributed by atoms with E-state index in [1.165, 1.54) is 5.56 Å². The zero-order chi connectivity index (χ0) is 22.8. The number of carbonyl (C=O) groups excluding carboxylic acids is 1. The molecule has 2 heterocycles. The molecule has 8 nitrogen and oxygen atoms in total. The van der Waals surface area contributed by atoms with Crippen LogP contribution >= 0.6 is 0 Å². The lowest BCUT2D eigenvalue weighted by Crippen LogP contribution is -2.70. The van der Waals surface area contributed by atoms with E-state index in [9.17, 15) is 4.79 Å². The Labute approximate surface area is 190 Å². The maximum atomic E-state index is 11.6. The molecule has 0 spiro atoms. The molecule has 1 aliphatic carbocycles. The van der Waals surface area contributed by atoms with E-state index in [2.05, 4.69) is 63.4 Å². The van der Waals surface area contributed by atoms with Crippen molar-refractivity contribution in [2.75, 3.05) is 63.8 Å². The van der Waals surface area contributed by atoms with Gasteiger partial charge in [0.05, 0.1) is 41.9 Å². The van der Waals surface area contributed by atoms with Gasteiger partial charge in [0.2, 0.25) is 12.4 Å². The number of aryl methyl sites for hydroxylation is 1. The number of hydrogen-bond donors (Lipinski definition) is 1. The molecule has 1 saturated carbocycles. The molecule has 0 radical (unpaired) electrons. The van der Waals surface area contributed by atoms with Crippen molar-refractivity contribution >= 4 is 18.0 Å². The number of amides is 1. The molecule has 1 amide bonds. The molecule has 1 aliphatic heterocycles. The maximum absolute atomic E-state index is 11.6. The van der Waals surface area contributed by atoms with E-state index in [0.29, 0.717) is 19.8 Å². The number of morpholine rings is 1. The fraction of sp³-hybridized carbons (Fsp3) is 0.542. The van der Waals surface area contributed by atoms with Gasteiger partial charge in [0.1, 0.15) is 0 Å². The minimum atomic E-state index is -0.314. The van der Waals surface area contributed by atoms with Crippen molar-refractivity contribution in [3.05, 3.63) is 47.8 Å². The van der Waals surface area contributed by atoms with E-state index in [1.54, 1.807) is 0 Å². The number of ether oxygens (including phenoxy) is 1. The number of nitrogens with zero attached hydrogens (tertiary/aromatic N) is 5. The average molecular weight is 439 g/mol. The summed E-state index contributed by atoms with van der Waals surface area (Å²) in [5.74, 6) is 0.753. The van der Waals surface area contributed by atoms with E-state index in [1.807, 2.05) is 26.2 Å². The fourth-order valence-corrected chi connectivity index (χ4v) is 5.26. The fourth-order valence-electron chi connectivity index (χ4n) is 5.26. The Kier molecular flexibility index (Phi) is 6.35. The monoisotopic (exact) mass is 438 g/mol. The predicted molar refractivity (Wildman–Crippen MR) is 126 cm³/mol. The van der Waals surface area contributed by atoms with E-state index in [4.69, 9.17) is 9.72 Å². The molecular formula is C24H34N6O2. The predicted octanol–water partition coefficient (Wildman–Crippen LogP) is 1.79. The average Bonchev–Trinajstić information content (AvgIpc) is 2.77. The molecule has 172 valence electrons. The Morgan fingerprint density at radius 1 is 1.16 bits per heavy atom. The molecule has 1 saturated heterocycles. The summed E-state index contributed by atoms with van der Waals surface area (Å²) in [6.07, 6.45) is 4.41. The van der Waals surface area contributed by atoms with Crippen LogP contribution in [-0.4, -0.2) is 80.8 Å². The number of nitrogens with one attached hydrogen (secondary N) is 1. The van der Waals surface area contributed by atoms with Gasteiger partial charge in [0, 0.05) is 26.7 Å². The van der Waals surface area contributed by atoms with Crippen LogP contribution in [0.3, 0.4) is 0 Å². The molecule has 4 rings (SSSR count). The summed E-state index contributed by atoms with van der Waals surface area (Å²) in [6, 6.07) is 10.6. The van der Waals surface area contributed by atoms with Crippen LogP contribution in [0.25, 0.3) is 0 Å². The molecule has 2 fully saturated rings. The van der Waals surface area contributed by atoms with Gasteiger partial charge in [-0.2, -0.15) is 0 Å². The highest BCUT2D eigenvalue weighted by molar-refractivity contribution is 5.54. The molecule has 2 aromatic rings. The van der Waals surface area contributed by atoms with Crippen LogP contribution in [0.5, 0.6) is 0 Å². The van der Waals surface area contributed by atoms with Gasteiger partial charge in [0.15, 0.2) is 0 Å². The number of aromatic nitrogens is 2. The van der Waals surface area contributed by atoms with Crippen LogP contribution in [0, 0.1) is 6.92 Å². The molecular weight excluding hydrogens is 404 g/mol. The van der Waals surface area contributed by atoms with Gasteiger partial charge in [0.25, 0.3) is 0 Å². The van der Waals surface area contributed by atoms with Gasteiger partial charge in [-0.1, -0.05) is 30.3 Å². The molecule has 2 aliphatic rings. The van der Waals surface area contributed by atoms with Crippen molar-refractivity contribution in [3.8, 4) is 0 Å². The quantitative estimate of drug-likeness (QED) is 0.630. The second-order valence-electron chi connectivity index (χ2n) is 9.28. The lowest BCUT2D eigenvalue weighted by molar-refractivity contribution is -0.115. The third-order valence-corrected chi connectivity index (χ3v) is 6.98. The lowest BCUT2D eigenvalue weighted by Gasteiger charge is -2.60. The number of rotatable bonds is 8. The molecule has 0 atom stereocenters. The van der Waals surface area contributed by atoms with Gasteiger partial charge < -0.3 is 19.9 Å². The Balaban J connectivity index is 1.52. The third kappa shape index (κ3) is 4.17. The van der Waals surface area contributed by atoms with Crippen molar-refractivity contribution in [1.82, 2.24) is 20.2 Å². The maximum Gasteiger partial charge on any atom is 0.225 e. The van der Waals surface area contributed by atoms with Crippen LogP contribution in [-0.2, 0) is 15.1 Å². The minimum Gasteiger partial charge on any atom is -0.378 e. The van der Waals surface area contributed by atoms with Crippen LogP contribution in [0.2, 0.25) is 0 Å². The highest BCUT2D eigenvalue weighted by Crippen LogP contribution is 2.52. The molecule has 1 N–H and O–H groups in total. The van der Waals surface area contributed by atoms with Gasteiger partial charge in [-0.05, 0) is 39.4 Å². The second kappa shape index (κ2) is 9.03. The summed E-state index contributed by atoms with van der Waals surface area (Å²) in [7, 11) is 6.28. The lowest BCUT2D eigenvalue weighted by atomic mass is 9.58. The SMILES string of the molecule is Cc1nc(N2CCOCC2)ncc1N(C)CC1(NC=O)CC(c2ccccc2)(N(C)C)C1. The number of carbonyl (C=O) groups is 1. The van der Waals surface area contributed by atoms with Crippen molar-refractivity contribution < 1.29 is 9.53 Å². The van der Waals surface area contributed by atoms with Crippen LogP contribution < -0.4 is 15.1 Å². The molecule has 0 bridgehead atoms. The minimum absolute atomic E-state index is 0.0934. The Bertz CT molecular complexity index is 923. The first kappa shape index (κ1) is 22.5. The summed E-state index contributed by atoms with van der Waals surface area (Å²) in [4.78, 5) is 27.5.